The van der Waals surface area contributed by atoms with Crippen LogP contribution < -0.4 is 5.48 Å². The quantitative estimate of drug-likeness (QED) is 0.196. The summed E-state index contributed by atoms with van der Waals surface area (Å²) in [4.78, 5) is 25.3. The molecule has 0 saturated carbocycles. The van der Waals surface area contributed by atoms with Gasteiger partial charge in [0.2, 0.25) is 0 Å². The largest absolute Gasteiger partial charge is 0.462 e. The first-order valence-electron chi connectivity index (χ1n) is 2.83. The minimum atomic E-state index is -0.992. The topological polar surface area (TPSA) is 64.6 Å². The first kappa shape index (κ1) is 9.64. The summed E-state index contributed by atoms with van der Waals surface area (Å²) in [7, 11) is 1.11. The Morgan fingerprint density at radius 2 is 2.27 bits per heavy atom. The molecule has 62 valence electrons. The van der Waals surface area contributed by atoms with Crippen molar-refractivity contribution in [3.8, 4) is 0 Å². The Bertz CT molecular complexity index is 166. The maximum Gasteiger partial charge on any atom is 0.398 e. The molecular weight excluding hydrogens is 150 g/mol. The summed E-state index contributed by atoms with van der Waals surface area (Å²) in [5.74, 6) is -1.93. The molecule has 0 spiro atoms. The molecule has 0 aliphatic heterocycles. The molecule has 0 atom stereocenters. The van der Waals surface area contributed by atoms with E-state index in [1.165, 1.54) is 6.08 Å². The third-order valence-electron chi connectivity index (χ3n) is 0.737. The van der Waals surface area contributed by atoms with Gasteiger partial charge in [0.15, 0.2) is 0 Å². The number of carbonyl (C=O) groups is 2. The van der Waals surface area contributed by atoms with E-state index in [2.05, 4.69) is 16.2 Å². The summed E-state index contributed by atoms with van der Waals surface area (Å²) in [6.07, 6.45) is 1.43. The molecule has 1 N–H and O–H groups in total. The van der Waals surface area contributed by atoms with Gasteiger partial charge in [0.05, 0.1) is 13.7 Å². The van der Waals surface area contributed by atoms with Crippen molar-refractivity contribution in [2.24, 2.45) is 0 Å². The van der Waals surface area contributed by atoms with Crippen LogP contribution in [0.25, 0.3) is 0 Å². The minimum Gasteiger partial charge on any atom is -0.462 e. The number of rotatable bonds is 3. The van der Waals surface area contributed by atoms with Crippen LogP contribution in [0.5, 0.6) is 0 Å². The lowest BCUT2D eigenvalue weighted by Crippen LogP contribution is -2.31. The van der Waals surface area contributed by atoms with Crippen molar-refractivity contribution < 1.29 is 19.2 Å². The van der Waals surface area contributed by atoms with E-state index in [0.717, 1.165) is 7.11 Å². The van der Waals surface area contributed by atoms with Gasteiger partial charge in [-0.1, -0.05) is 6.08 Å². The van der Waals surface area contributed by atoms with E-state index in [9.17, 15) is 9.59 Å². The standard InChI is InChI=1S/C6H9NO4/c1-3-4-11-7-5(8)6(9)10-2/h3H,1,4H2,2H3,(H,7,8). The average Bonchev–Trinajstić information content (AvgIpc) is 2.03. The molecule has 0 unspecified atom stereocenters. The Labute approximate surface area is 63.9 Å². The molecule has 5 heteroatoms. The molecule has 0 aromatic heterocycles. The third kappa shape index (κ3) is 4.10. The van der Waals surface area contributed by atoms with Gasteiger partial charge in [-0.3, -0.25) is 9.63 Å². The number of hydroxylamine groups is 1. The second-order valence-corrected chi connectivity index (χ2v) is 1.52. The highest BCUT2D eigenvalue weighted by Crippen LogP contribution is 1.74. The van der Waals surface area contributed by atoms with Crippen LogP contribution in [-0.2, 0) is 19.2 Å². The number of carbonyl (C=O) groups excluding carboxylic acids is 2. The van der Waals surface area contributed by atoms with Crippen molar-refractivity contribution in [3.63, 3.8) is 0 Å². The number of amides is 1. The molecule has 0 aliphatic carbocycles. The molecule has 1 amide bonds. The highest BCUT2D eigenvalue weighted by atomic mass is 16.7. The Kier molecular flexibility index (Phi) is 4.76. The molecule has 11 heavy (non-hydrogen) atoms. The van der Waals surface area contributed by atoms with Gasteiger partial charge in [0.1, 0.15) is 0 Å². The lowest BCUT2D eigenvalue weighted by Gasteiger charge is -2.00. The van der Waals surface area contributed by atoms with Crippen LogP contribution >= 0.6 is 0 Å². The van der Waals surface area contributed by atoms with Gasteiger partial charge in [-0.05, 0) is 0 Å². The van der Waals surface area contributed by atoms with Crippen molar-refractivity contribution in [1.29, 1.82) is 0 Å². The van der Waals surface area contributed by atoms with Gasteiger partial charge in [0.25, 0.3) is 0 Å². The van der Waals surface area contributed by atoms with Crippen LogP contribution in [0.4, 0.5) is 0 Å². The number of hydrogen-bond donors (Lipinski definition) is 1. The molecular formula is C6H9NO4. The third-order valence-corrected chi connectivity index (χ3v) is 0.737. The summed E-state index contributed by atoms with van der Waals surface area (Å²) in [6, 6.07) is 0. The summed E-state index contributed by atoms with van der Waals surface area (Å²) >= 11 is 0. The van der Waals surface area contributed by atoms with Gasteiger partial charge in [-0.25, -0.2) is 10.3 Å². The molecule has 0 radical (unpaired) electrons. The van der Waals surface area contributed by atoms with Crippen LogP contribution in [0.15, 0.2) is 12.7 Å². The summed E-state index contributed by atoms with van der Waals surface area (Å²) in [6.45, 7) is 3.47. The highest BCUT2D eigenvalue weighted by molar-refractivity contribution is 6.32. The minimum absolute atomic E-state index is 0.142. The van der Waals surface area contributed by atoms with E-state index in [1.807, 2.05) is 5.48 Å². The second-order valence-electron chi connectivity index (χ2n) is 1.52. The van der Waals surface area contributed by atoms with E-state index in [1.54, 1.807) is 0 Å². The second kappa shape index (κ2) is 5.43. The Morgan fingerprint density at radius 1 is 1.64 bits per heavy atom. The summed E-state index contributed by atoms with van der Waals surface area (Å²) < 4.78 is 4.09. The number of methoxy groups -OCH3 is 1. The SMILES string of the molecule is C=CCONC(=O)C(=O)OC. The monoisotopic (exact) mass is 159 g/mol. The Morgan fingerprint density at radius 3 is 2.73 bits per heavy atom. The van der Waals surface area contributed by atoms with Crippen LogP contribution in [0.3, 0.4) is 0 Å². The lowest BCUT2D eigenvalue weighted by atomic mass is 10.6. The van der Waals surface area contributed by atoms with E-state index in [-0.39, 0.29) is 6.61 Å². The average molecular weight is 159 g/mol. The van der Waals surface area contributed by atoms with Crippen molar-refractivity contribution in [3.05, 3.63) is 12.7 Å². The van der Waals surface area contributed by atoms with E-state index >= 15 is 0 Å². The molecule has 0 bridgehead atoms. The smallest absolute Gasteiger partial charge is 0.398 e. The fourth-order valence-electron chi connectivity index (χ4n) is 0.301. The Hall–Kier alpha value is -1.36. The zero-order valence-corrected chi connectivity index (χ0v) is 6.12. The van der Waals surface area contributed by atoms with E-state index in [0.29, 0.717) is 0 Å². The number of hydrogen-bond acceptors (Lipinski definition) is 4. The molecule has 0 heterocycles. The molecule has 0 fully saturated rings. The summed E-state index contributed by atoms with van der Waals surface area (Å²) in [5, 5.41) is 0. The number of ether oxygens (including phenoxy) is 1. The zero-order chi connectivity index (χ0) is 8.69. The van der Waals surface area contributed by atoms with E-state index in [4.69, 9.17) is 0 Å². The summed E-state index contributed by atoms with van der Waals surface area (Å²) in [5.41, 5.74) is 1.85. The molecule has 0 aromatic carbocycles. The zero-order valence-electron chi connectivity index (χ0n) is 6.12. The highest BCUT2D eigenvalue weighted by Gasteiger charge is 2.12. The maximum atomic E-state index is 10.5. The van der Waals surface area contributed by atoms with E-state index < -0.39 is 11.9 Å². The molecule has 5 nitrogen and oxygen atoms in total. The maximum absolute atomic E-state index is 10.5. The van der Waals surface area contributed by atoms with Gasteiger partial charge in [-0.15, -0.1) is 6.58 Å². The fraction of sp³-hybridized carbons (Fsp3) is 0.333. The first-order chi connectivity index (χ1) is 5.22. The van der Waals surface area contributed by atoms with Crippen molar-refractivity contribution in [1.82, 2.24) is 5.48 Å². The number of nitrogens with one attached hydrogen (secondary N) is 1. The van der Waals surface area contributed by atoms with Crippen LogP contribution in [0, 0.1) is 0 Å². The fourth-order valence-corrected chi connectivity index (χ4v) is 0.301. The van der Waals surface area contributed by atoms with Crippen molar-refractivity contribution in [2.75, 3.05) is 13.7 Å². The number of esters is 1. The normalized spacial score (nSPS) is 8.45. The van der Waals surface area contributed by atoms with Crippen molar-refractivity contribution >= 4 is 11.9 Å². The molecule has 0 saturated heterocycles. The first-order valence-corrected chi connectivity index (χ1v) is 2.83. The van der Waals surface area contributed by atoms with Crippen LogP contribution in [0.1, 0.15) is 0 Å². The van der Waals surface area contributed by atoms with Gasteiger partial charge >= 0.3 is 11.9 Å². The molecule has 0 rings (SSSR count). The van der Waals surface area contributed by atoms with Crippen molar-refractivity contribution in [2.45, 2.75) is 0 Å². The van der Waals surface area contributed by atoms with Crippen LogP contribution in [0.2, 0.25) is 0 Å². The van der Waals surface area contributed by atoms with Crippen LogP contribution in [-0.4, -0.2) is 25.6 Å². The van der Waals surface area contributed by atoms with Gasteiger partial charge in [0, 0.05) is 0 Å². The predicted molar refractivity (Wildman–Crippen MR) is 36.3 cm³/mol. The molecule has 0 aromatic rings. The van der Waals surface area contributed by atoms with Gasteiger partial charge < -0.3 is 4.74 Å². The van der Waals surface area contributed by atoms with Gasteiger partial charge in [-0.2, -0.15) is 0 Å². The Balaban J connectivity index is 3.52. The predicted octanol–water partition coefficient (Wildman–Crippen LogP) is -0.607. The lowest BCUT2D eigenvalue weighted by molar-refractivity contribution is -0.158. The molecule has 0 aliphatic rings.